The van der Waals surface area contributed by atoms with Crippen LogP contribution in [-0.4, -0.2) is 147 Å². The van der Waals surface area contributed by atoms with Gasteiger partial charge in [0.15, 0.2) is 17.7 Å². The number of fused-ring (bicyclic) bond motifs is 1. The fraction of sp³-hybridized carbons (Fsp3) is 0.762. The summed E-state index contributed by atoms with van der Waals surface area (Å²) in [5, 5.41) is 23.6. The molecule has 0 aliphatic carbocycles. The number of cyclic esters (lactones) is 1. The van der Waals surface area contributed by atoms with Crippen LogP contribution < -0.4 is 5.32 Å². The molecule has 3 saturated heterocycles. The Labute approximate surface area is 343 Å². The molecule has 3 unspecified atom stereocenters. The number of esters is 1. The average molecular weight is 814 g/mol. The summed E-state index contributed by atoms with van der Waals surface area (Å²) < 4.78 is 33.3. The van der Waals surface area contributed by atoms with Gasteiger partial charge in [-0.15, -0.1) is 5.10 Å². The average Bonchev–Trinajstić information content (AvgIpc) is 3.77. The Morgan fingerprint density at radius 3 is 2.43 bits per heavy atom. The van der Waals surface area contributed by atoms with Gasteiger partial charge in [-0.3, -0.25) is 24.2 Å². The van der Waals surface area contributed by atoms with E-state index in [1.807, 2.05) is 78.0 Å². The molecule has 16 nitrogen and oxygen atoms in total. The largest absolute Gasteiger partial charge is 0.458 e. The third-order valence-electron chi connectivity index (χ3n) is 12.6. The van der Waals surface area contributed by atoms with Gasteiger partial charge in [-0.1, -0.05) is 32.1 Å². The number of hydrogen-bond donors (Lipinski definition) is 2. The first kappa shape index (κ1) is 45.5. The van der Waals surface area contributed by atoms with Crippen LogP contribution in [0.5, 0.6) is 0 Å². The van der Waals surface area contributed by atoms with Crippen molar-refractivity contribution in [1.29, 1.82) is 0 Å². The number of aliphatic hydroxyl groups is 1. The Bertz CT molecular complexity index is 1680. The number of Topliss-reactive ketones (excluding diaryl/α,β-unsaturated/α-hetero) is 1. The lowest BCUT2D eigenvalue weighted by molar-refractivity contribution is -0.295. The Morgan fingerprint density at radius 2 is 1.78 bits per heavy atom. The van der Waals surface area contributed by atoms with Crippen LogP contribution in [-0.2, 0) is 39.8 Å². The second-order valence-corrected chi connectivity index (χ2v) is 17.4. The van der Waals surface area contributed by atoms with Crippen molar-refractivity contribution >= 4 is 17.8 Å². The van der Waals surface area contributed by atoms with Crippen LogP contribution in [0.2, 0.25) is 0 Å². The number of likely N-dealkylation sites (N-methyl/N-ethyl adjacent to an activating group) is 1. The van der Waals surface area contributed by atoms with Crippen LogP contribution in [0.15, 0.2) is 30.6 Å². The molecule has 2 aromatic heterocycles. The molecule has 0 spiro atoms. The molecule has 0 saturated carbocycles. The van der Waals surface area contributed by atoms with E-state index in [4.69, 9.17) is 23.7 Å². The fourth-order valence-corrected chi connectivity index (χ4v) is 9.25. The standard InChI is InChI=1S/C42H67N7O9/c1-12-33-42(8)36(49(40(53)58-42)20-16-15-19-48-24-31(45-46-48)30-17-13-14-18-43-30)29(6)44-23-25(2)22-41(7,54-11)37(27(4)34(50)28(5)38(52)56-33)57-39-35(51)32(47(9)10)21-26(3)55-39/h13-14,17-18,24-29,32-33,35-37,39,44,51H,12,15-16,19-23H2,1-11H3/t25-,26?,27-,28-,29-,32?,33-,35?,36-,37-,39+,41-,42-/m1/s1. The first-order valence-electron chi connectivity index (χ1n) is 20.9. The Balaban J connectivity index is 1.38. The van der Waals surface area contributed by atoms with Crippen molar-refractivity contribution in [2.45, 2.75) is 154 Å². The molecule has 58 heavy (non-hydrogen) atoms. The van der Waals surface area contributed by atoms with Gasteiger partial charge in [0, 0.05) is 44.4 Å². The SMILES string of the molecule is CC[C@H]1OC(=O)[C@H](C)C(=O)[C@@H](C)[C@@H](O[C@@H]2OC(C)CC(N(C)C)C2O)[C@](C)(OC)C[C@@H](C)CN[C@H](C)[C@H]2N(CCCCn3cc(-c4ccccn4)nn3)C(=O)O[C@]12C. The summed E-state index contributed by atoms with van der Waals surface area (Å²) in [7, 11) is 5.39. The van der Waals surface area contributed by atoms with E-state index < -0.39 is 71.5 Å². The van der Waals surface area contributed by atoms with Crippen LogP contribution in [0.3, 0.4) is 0 Å². The summed E-state index contributed by atoms with van der Waals surface area (Å²) in [6.45, 7) is 16.4. The van der Waals surface area contributed by atoms with Crippen LogP contribution in [0, 0.1) is 17.8 Å². The molecule has 13 atom stereocenters. The molecule has 0 radical (unpaired) electrons. The maximum Gasteiger partial charge on any atom is 0.410 e. The molecule has 3 fully saturated rings. The lowest BCUT2D eigenvalue weighted by Gasteiger charge is -2.46. The maximum absolute atomic E-state index is 14.4. The smallest absolute Gasteiger partial charge is 0.410 e. The van der Waals surface area contributed by atoms with Crippen molar-refractivity contribution in [3.8, 4) is 11.4 Å². The molecule has 0 bridgehead atoms. The fourth-order valence-electron chi connectivity index (χ4n) is 9.25. The second-order valence-electron chi connectivity index (χ2n) is 17.4. The van der Waals surface area contributed by atoms with E-state index in [0.29, 0.717) is 51.0 Å². The summed E-state index contributed by atoms with van der Waals surface area (Å²) >= 11 is 0. The lowest BCUT2D eigenvalue weighted by Crippen LogP contribution is -2.61. The Morgan fingerprint density at radius 1 is 1.05 bits per heavy atom. The molecule has 324 valence electrons. The number of methoxy groups -OCH3 is 1. The number of pyridine rings is 1. The molecular formula is C42H67N7O9. The zero-order valence-corrected chi connectivity index (χ0v) is 36.3. The number of carbonyl (C=O) groups is 3. The number of nitrogens with one attached hydrogen (secondary N) is 1. The molecule has 0 aromatic carbocycles. The molecular weight excluding hydrogens is 747 g/mol. The first-order valence-corrected chi connectivity index (χ1v) is 20.9. The number of ether oxygens (including phenoxy) is 5. The zero-order chi connectivity index (χ0) is 42.5. The molecule has 1 amide bonds. The lowest BCUT2D eigenvalue weighted by atomic mass is 9.78. The normalized spacial score (nSPS) is 36.9. The highest BCUT2D eigenvalue weighted by Crippen LogP contribution is 2.40. The van der Waals surface area contributed by atoms with E-state index >= 15 is 0 Å². The van der Waals surface area contributed by atoms with E-state index in [0.717, 1.165) is 12.1 Å². The number of aromatic nitrogens is 4. The maximum atomic E-state index is 14.4. The van der Waals surface area contributed by atoms with E-state index in [1.54, 1.807) is 29.8 Å². The Kier molecular flexibility index (Phi) is 15.1. The molecule has 2 N–H and O–H groups in total. The number of aryl methyl sites for hydroxylation is 1. The minimum atomic E-state index is -1.23. The van der Waals surface area contributed by atoms with E-state index in [2.05, 4.69) is 27.5 Å². The molecule has 2 aromatic rings. The topological polar surface area (TPSA) is 180 Å². The zero-order valence-electron chi connectivity index (χ0n) is 36.3. The van der Waals surface area contributed by atoms with Gasteiger partial charge in [-0.25, -0.2) is 4.79 Å². The van der Waals surface area contributed by atoms with E-state index in [-0.39, 0.29) is 24.1 Å². The number of carbonyl (C=O) groups excluding carboxylic acids is 3. The van der Waals surface area contributed by atoms with Gasteiger partial charge < -0.3 is 39.0 Å². The number of unbranched alkanes of at least 4 members (excludes halogenated alkanes) is 1. The number of amides is 1. The van der Waals surface area contributed by atoms with Gasteiger partial charge in [0.2, 0.25) is 0 Å². The number of aliphatic hydroxyl groups excluding tert-OH is 1. The number of rotatable bonds is 11. The van der Waals surface area contributed by atoms with E-state index in [1.165, 1.54) is 6.92 Å². The number of nitrogens with zero attached hydrogens (tertiary/aromatic N) is 6. The quantitative estimate of drug-likeness (QED) is 0.188. The first-order chi connectivity index (χ1) is 27.4. The van der Waals surface area contributed by atoms with Crippen LogP contribution in [0.25, 0.3) is 11.4 Å². The summed E-state index contributed by atoms with van der Waals surface area (Å²) in [5.74, 6) is -3.15. The van der Waals surface area contributed by atoms with Crippen molar-refractivity contribution < 1.29 is 43.2 Å². The molecule has 3 aliphatic heterocycles. The highest BCUT2D eigenvalue weighted by Gasteiger charge is 2.58. The summed E-state index contributed by atoms with van der Waals surface area (Å²) in [4.78, 5) is 50.2. The molecule has 3 aliphatic rings. The third kappa shape index (κ3) is 9.90. The minimum Gasteiger partial charge on any atom is -0.458 e. The summed E-state index contributed by atoms with van der Waals surface area (Å²) in [6, 6.07) is 4.61. The van der Waals surface area contributed by atoms with Crippen molar-refractivity contribution in [3.05, 3.63) is 30.6 Å². The third-order valence-corrected chi connectivity index (χ3v) is 12.6. The highest BCUT2D eigenvalue weighted by atomic mass is 16.7. The summed E-state index contributed by atoms with van der Waals surface area (Å²) in [6.07, 6.45) is 1.92. The number of ketones is 1. The van der Waals surface area contributed by atoms with Crippen molar-refractivity contribution in [2.24, 2.45) is 17.8 Å². The van der Waals surface area contributed by atoms with Gasteiger partial charge in [0.25, 0.3) is 0 Å². The van der Waals surface area contributed by atoms with E-state index in [9.17, 15) is 19.5 Å². The van der Waals surface area contributed by atoms with Crippen LogP contribution in [0.4, 0.5) is 4.79 Å². The van der Waals surface area contributed by atoms with Crippen molar-refractivity contribution in [3.63, 3.8) is 0 Å². The molecule has 16 heteroatoms. The van der Waals surface area contributed by atoms with Crippen molar-refractivity contribution in [2.75, 3.05) is 34.3 Å². The Hall–Kier alpha value is -3.54. The van der Waals surface area contributed by atoms with Gasteiger partial charge in [-0.2, -0.15) is 0 Å². The predicted octanol–water partition coefficient (Wildman–Crippen LogP) is 4.10. The van der Waals surface area contributed by atoms with Gasteiger partial charge in [0.05, 0.1) is 35.7 Å². The van der Waals surface area contributed by atoms with Gasteiger partial charge in [0.1, 0.15) is 23.8 Å². The second kappa shape index (κ2) is 19.2. The van der Waals surface area contributed by atoms with Crippen LogP contribution in [0.1, 0.15) is 87.5 Å². The van der Waals surface area contributed by atoms with Crippen LogP contribution >= 0.6 is 0 Å². The van der Waals surface area contributed by atoms with Gasteiger partial charge >= 0.3 is 12.1 Å². The molecule has 5 heterocycles. The molecule has 5 rings (SSSR count). The van der Waals surface area contributed by atoms with Gasteiger partial charge in [-0.05, 0) is 105 Å². The number of hydrogen-bond acceptors (Lipinski definition) is 14. The predicted molar refractivity (Wildman–Crippen MR) is 215 cm³/mol. The minimum absolute atomic E-state index is 0.00904. The highest BCUT2D eigenvalue weighted by molar-refractivity contribution is 6.00. The summed E-state index contributed by atoms with van der Waals surface area (Å²) in [5.41, 5.74) is -0.833. The monoisotopic (exact) mass is 814 g/mol. The van der Waals surface area contributed by atoms with Crippen molar-refractivity contribution in [1.82, 2.24) is 35.1 Å².